The number of nitrogens with zero attached hydrogens (tertiary/aromatic N) is 1. The molecule has 0 fully saturated rings. The fourth-order valence-corrected chi connectivity index (χ4v) is 3.29. The van der Waals surface area contributed by atoms with E-state index < -0.39 is 0 Å². The second-order valence-electron chi connectivity index (χ2n) is 5.04. The molecule has 0 saturated heterocycles. The summed E-state index contributed by atoms with van der Waals surface area (Å²) in [5.74, 6) is 0. The molecular weight excluding hydrogens is 206 g/mol. The maximum Gasteiger partial charge on any atom is 0.0526 e. The second-order valence-corrected chi connectivity index (χ2v) is 5.04. The summed E-state index contributed by atoms with van der Waals surface area (Å²) in [6, 6.07) is 13.4. The number of hydrogen-bond donors (Lipinski definition) is 0. The maximum atomic E-state index is 2.51. The van der Waals surface area contributed by atoms with Crippen LogP contribution in [0.3, 0.4) is 0 Å². The Morgan fingerprint density at radius 3 is 2.88 bits per heavy atom. The third-order valence-corrected chi connectivity index (χ3v) is 4.03. The molecule has 4 rings (SSSR count). The average molecular weight is 221 g/mol. The summed E-state index contributed by atoms with van der Waals surface area (Å²) in [6.45, 7) is 3.39. The van der Waals surface area contributed by atoms with Gasteiger partial charge in [0.15, 0.2) is 0 Å². The van der Waals surface area contributed by atoms with Crippen molar-refractivity contribution in [2.24, 2.45) is 0 Å². The van der Waals surface area contributed by atoms with Crippen molar-refractivity contribution in [2.75, 3.05) is 0 Å². The standard InChI is InChI=1S/C16H15N/c1-11-8-9-12-5-4-10-17-14-7-3-2-6-13(14)15(11)16(12)17/h2-3,6-9H,4-5,10H2,1H3. The van der Waals surface area contributed by atoms with E-state index in [1.807, 2.05) is 0 Å². The predicted molar refractivity (Wildman–Crippen MR) is 72.5 cm³/mol. The van der Waals surface area contributed by atoms with Crippen molar-refractivity contribution in [1.82, 2.24) is 4.57 Å². The molecule has 17 heavy (non-hydrogen) atoms. The third-order valence-electron chi connectivity index (χ3n) is 4.03. The van der Waals surface area contributed by atoms with Crippen LogP contribution in [-0.4, -0.2) is 4.57 Å². The van der Waals surface area contributed by atoms with Crippen molar-refractivity contribution in [1.29, 1.82) is 0 Å². The second kappa shape index (κ2) is 3.13. The Kier molecular flexibility index (Phi) is 1.71. The molecule has 1 nitrogen and oxygen atoms in total. The molecule has 1 aromatic heterocycles. The minimum atomic E-state index is 1.17. The number of rotatable bonds is 0. The number of para-hydroxylation sites is 1. The van der Waals surface area contributed by atoms with Gasteiger partial charge >= 0.3 is 0 Å². The normalized spacial score (nSPS) is 14.6. The van der Waals surface area contributed by atoms with Gasteiger partial charge in [0.25, 0.3) is 0 Å². The van der Waals surface area contributed by atoms with Crippen molar-refractivity contribution in [2.45, 2.75) is 26.3 Å². The zero-order valence-electron chi connectivity index (χ0n) is 10.0. The molecule has 0 radical (unpaired) electrons. The molecule has 1 heteroatoms. The van der Waals surface area contributed by atoms with Gasteiger partial charge in [-0.3, -0.25) is 0 Å². The summed E-state index contributed by atoms with van der Waals surface area (Å²) in [5.41, 5.74) is 5.81. The van der Waals surface area contributed by atoms with Gasteiger partial charge in [0.1, 0.15) is 0 Å². The van der Waals surface area contributed by atoms with Crippen LogP contribution >= 0.6 is 0 Å². The summed E-state index contributed by atoms with van der Waals surface area (Å²) in [7, 11) is 0. The van der Waals surface area contributed by atoms with Crippen LogP contribution < -0.4 is 0 Å². The molecule has 0 bridgehead atoms. The number of aryl methyl sites for hydroxylation is 3. The highest BCUT2D eigenvalue weighted by Crippen LogP contribution is 2.36. The molecule has 0 N–H and O–H groups in total. The summed E-state index contributed by atoms with van der Waals surface area (Å²) in [4.78, 5) is 0. The number of benzene rings is 2. The first kappa shape index (κ1) is 9.29. The fraction of sp³-hybridized carbons (Fsp3) is 0.250. The molecule has 0 saturated carbocycles. The SMILES string of the molecule is Cc1ccc2c3c1c1ccccc1n3CCC2. The Morgan fingerprint density at radius 2 is 1.94 bits per heavy atom. The summed E-state index contributed by atoms with van der Waals surface area (Å²) >= 11 is 0. The minimum absolute atomic E-state index is 1.17. The molecule has 3 aromatic rings. The van der Waals surface area contributed by atoms with Crippen LogP contribution in [0.1, 0.15) is 17.5 Å². The van der Waals surface area contributed by atoms with Gasteiger partial charge in [0.05, 0.1) is 5.52 Å². The van der Waals surface area contributed by atoms with Gasteiger partial charge in [-0.15, -0.1) is 0 Å². The van der Waals surface area contributed by atoms with Crippen molar-refractivity contribution < 1.29 is 0 Å². The lowest BCUT2D eigenvalue weighted by molar-refractivity contribution is 0.651. The summed E-state index contributed by atoms with van der Waals surface area (Å²) in [6.07, 6.45) is 2.50. The van der Waals surface area contributed by atoms with Crippen molar-refractivity contribution >= 4 is 21.8 Å². The number of aromatic nitrogens is 1. The Hall–Kier alpha value is -1.76. The zero-order chi connectivity index (χ0) is 11.4. The van der Waals surface area contributed by atoms with E-state index in [-0.39, 0.29) is 0 Å². The molecular formula is C16H15N. The fourth-order valence-electron chi connectivity index (χ4n) is 3.29. The smallest absolute Gasteiger partial charge is 0.0526 e. The highest BCUT2D eigenvalue weighted by atomic mass is 15.0. The van der Waals surface area contributed by atoms with Crippen LogP contribution in [0.4, 0.5) is 0 Å². The first-order chi connectivity index (χ1) is 8.36. The first-order valence-corrected chi connectivity index (χ1v) is 6.36. The Labute approximate surface area is 101 Å². The molecule has 2 aromatic carbocycles. The van der Waals surface area contributed by atoms with Gasteiger partial charge in [0, 0.05) is 22.8 Å². The highest BCUT2D eigenvalue weighted by molar-refractivity contribution is 6.10. The number of hydrogen-bond acceptors (Lipinski definition) is 0. The van der Waals surface area contributed by atoms with E-state index in [9.17, 15) is 0 Å². The lowest BCUT2D eigenvalue weighted by Crippen LogP contribution is -2.07. The van der Waals surface area contributed by atoms with Crippen molar-refractivity contribution in [3.8, 4) is 0 Å². The lowest BCUT2D eigenvalue weighted by atomic mass is 9.99. The van der Waals surface area contributed by atoms with Gasteiger partial charge in [-0.25, -0.2) is 0 Å². The van der Waals surface area contributed by atoms with Crippen molar-refractivity contribution in [3.63, 3.8) is 0 Å². The quantitative estimate of drug-likeness (QED) is 0.539. The summed E-state index contributed by atoms with van der Waals surface area (Å²) < 4.78 is 2.51. The Bertz CT molecular complexity index is 734. The topological polar surface area (TPSA) is 4.93 Å². The van der Waals surface area contributed by atoms with Gasteiger partial charge in [-0.1, -0.05) is 30.3 Å². The van der Waals surface area contributed by atoms with E-state index in [1.165, 1.54) is 52.3 Å². The van der Waals surface area contributed by atoms with E-state index in [4.69, 9.17) is 0 Å². The molecule has 1 aliphatic heterocycles. The largest absolute Gasteiger partial charge is 0.340 e. The van der Waals surface area contributed by atoms with Gasteiger partial charge in [-0.05, 0) is 37.0 Å². The van der Waals surface area contributed by atoms with E-state index in [0.717, 1.165) is 0 Å². The van der Waals surface area contributed by atoms with Crippen LogP contribution in [0.25, 0.3) is 21.8 Å². The molecule has 2 heterocycles. The summed E-state index contributed by atoms with van der Waals surface area (Å²) in [5, 5.41) is 2.89. The van der Waals surface area contributed by atoms with E-state index in [2.05, 4.69) is 47.9 Å². The third kappa shape index (κ3) is 1.09. The molecule has 84 valence electrons. The van der Waals surface area contributed by atoms with Gasteiger partial charge < -0.3 is 4.57 Å². The monoisotopic (exact) mass is 221 g/mol. The van der Waals surface area contributed by atoms with Crippen LogP contribution in [0.2, 0.25) is 0 Å². The van der Waals surface area contributed by atoms with Gasteiger partial charge in [-0.2, -0.15) is 0 Å². The molecule has 0 aliphatic carbocycles. The van der Waals surface area contributed by atoms with Gasteiger partial charge in [0.2, 0.25) is 0 Å². The molecule has 1 aliphatic rings. The van der Waals surface area contributed by atoms with Crippen LogP contribution in [0.15, 0.2) is 36.4 Å². The number of fused-ring (bicyclic) bond motifs is 3. The maximum absolute atomic E-state index is 2.51. The Balaban J connectivity index is 2.37. The average Bonchev–Trinajstić information content (AvgIpc) is 2.71. The van der Waals surface area contributed by atoms with E-state index >= 15 is 0 Å². The highest BCUT2D eigenvalue weighted by Gasteiger charge is 2.18. The minimum Gasteiger partial charge on any atom is -0.340 e. The predicted octanol–water partition coefficient (Wildman–Crippen LogP) is 4.05. The molecule has 0 amide bonds. The first-order valence-electron chi connectivity index (χ1n) is 6.36. The zero-order valence-corrected chi connectivity index (χ0v) is 10.0. The Morgan fingerprint density at radius 1 is 1.06 bits per heavy atom. The van der Waals surface area contributed by atoms with Crippen LogP contribution in [-0.2, 0) is 13.0 Å². The molecule has 0 spiro atoms. The van der Waals surface area contributed by atoms with E-state index in [0.29, 0.717) is 0 Å². The lowest BCUT2D eigenvalue weighted by Gasteiger charge is -2.16. The molecule has 0 atom stereocenters. The van der Waals surface area contributed by atoms with E-state index in [1.54, 1.807) is 0 Å². The van der Waals surface area contributed by atoms with Crippen LogP contribution in [0.5, 0.6) is 0 Å². The van der Waals surface area contributed by atoms with Crippen molar-refractivity contribution in [3.05, 3.63) is 47.5 Å². The van der Waals surface area contributed by atoms with Crippen LogP contribution in [0, 0.1) is 6.92 Å². The molecule has 0 unspecified atom stereocenters.